The second-order valence-electron chi connectivity index (χ2n) is 7.03. The molecule has 1 aromatic rings. The zero-order valence-corrected chi connectivity index (χ0v) is 15.4. The third kappa shape index (κ3) is 4.12. The molecule has 10 heteroatoms. The van der Waals surface area contributed by atoms with Crippen LogP contribution in [-0.2, 0) is 16.1 Å². The zero-order chi connectivity index (χ0) is 20.4. The van der Waals surface area contributed by atoms with Crippen molar-refractivity contribution >= 4 is 23.5 Å². The van der Waals surface area contributed by atoms with Gasteiger partial charge in [0.2, 0.25) is 11.8 Å². The topological polar surface area (TPSA) is 102 Å². The van der Waals surface area contributed by atoms with E-state index in [2.05, 4.69) is 10.6 Å². The van der Waals surface area contributed by atoms with Crippen LogP contribution >= 0.6 is 0 Å². The fourth-order valence-corrected chi connectivity index (χ4v) is 3.45. The van der Waals surface area contributed by atoms with Crippen molar-refractivity contribution < 1.29 is 28.3 Å². The Morgan fingerprint density at radius 3 is 2.57 bits per heavy atom. The Hall–Kier alpha value is -2.59. The van der Waals surface area contributed by atoms with Crippen LogP contribution in [0, 0.1) is 11.6 Å². The van der Waals surface area contributed by atoms with Gasteiger partial charge in [0.15, 0.2) is 5.82 Å². The van der Waals surface area contributed by atoms with Gasteiger partial charge in [-0.2, -0.15) is 0 Å². The molecule has 0 aliphatic carbocycles. The molecule has 1 unspecified atom stereocenters. The standard InChI is InChI=1S/C18H22F2N4O4/c1-23-4-6-24(7-5-23)16-12(19)8-10(18(27)28)11(15(16)20)9-21-13-2-3-14(25)22-17(13)26/h8,13,21H,2-7,9H2,1H3,(H,27,28)(H,22,25,26). The molecular formula is C18H22F2N4O4. The van der Waals surface area contributed by atoms with Crippen LogP contribution in [0.3, 0.4) is 0 Å². The van der Waals surface area contributed by atoms with Crippen molar-refractivity contribution in [3.8, 4) is 0 Å². The maximum atomic E-state index is 15.2. The van der Waals surface area contributed by atoms with Gasteiger partial charge in [0, 0.05) is 44.7 Å². The summed E-state index contributed by atoms with van der Waals surface area (Å²) in [6.45, 7) is 1.81. The molecule has 8 nitrogen and oxygen atoms in total. The minimum atomic E-state index is -1.46. The molecular weight excluding hydrogens is 374 g/mol. The number of hydrogen-bond acceptors (Lipinski definition) is 6. The van der Waals surface area contributed by atoms with Gasteiger partial charge in [0.25, 0.3) is 0 Å². The van der Waals surface area contributed by atoms with Gasteiger partial charge < -0.3 is 20.2 Å². The molecule has 3 N–H and O–H groups in total. The third-order valence-corrected chi connectivity index (χ3v) is 5.11. The average Bonchev–Trinajstić information content (AvgIpc) is 2.63. The summed E-state index contributed by atoms with van der Waals surface area (Å²) in [5, 5.41) is 14.3. The largest absolute Gasteiger partial charge is 0.478 e. The highest BCUT2D eigenvalue weighted by molar-refractivity contribution is 6.00. The van der Waals surface area contributed by atoms with E-state index in [9.17, 15) is 23.9 Å². The number of piperidine rings is 1. The van der Waals surface area contributed by atoms with Crippen LogP contribution in [0.1, 0.15) is 28.8 Å². The zero-order valence-electron chi connectivity index (χ0n) is 15.4. The Morgan fingerprint density at radius 2 is 1.96 bits per heavy atom. The number of carbonyl (C=O) groups excluding carboxylic acids is 2. The van der Waals surface area contributed by atoms with Gasteiger partial charge in [-0.1, -0.05) is 0 Å². The summed E-state index contributed by atoms with van der Waals surface area (Å²) < 4.78 is 29.7. The number of carboxylic acids is 1. The summed E-state index contributed by atoms with van der Waals surface area (Å²) in [6, 6.07) is 0.0662. The lowest BCUT2D eigenvalue weighted by Crippen LogP contribution is -2.50. The van der Waals surface area contributed by atoms with Crippen molar-refractivity contribution in [1.29, 1.82) is 0 Å². The first-order valence-electron chi connectivity index (χ1n) is 9.02. The predicted molar refractivity (Wildman–Crippen MR) is 96.0 cm³/mol. The van der Waals surface area contributed by atoms with E-state index >= 15 is 4.39 Å². The SMILES string of the molecule is CN1CCN(c2c(F)cc(C(=O)O)c(CNC3CCC(=O)NC3=O)c2F)CC1. The molecule has 2 fully saturated rings. The lowest BCUT2D eigenvalue weighted by Gasteiger charge is -2.35. The number of imide groups is 1. The molecule has 28 heavy (non-hydrogen) atoms. The monoisotopic (exact) mass is 396 g/mol. The van der Waals surface area contributed by atoms with Crippen LogP contribution in [0.2, 0.25) is 0 Å². The minimum absolute atomic E-state index is 0.133. The highest BCUT2D eigenvalue weighted by atomic mass is 19.1. The molecule has 0 saturated carbocycles. The molecule has 152 valence electrons. The number of benzene rings is 1. The van der Waals surface area contributed by atoms with Gasteiger partial charge in [-0.15, -0.1) is 0 Å². The van der Waals surface area contributed by atoms with Crippen LogP contribution in [0.4, 0.5) is 14.5 Å². The van der Waals surface area contributed by atoms with Crippen LogP contribution in [0.15, 0.2) is 6.07 Å². The number of anilines is 1. The molecule has 1 atom stereocenters. The maximum absolute atomic E-state index is 15.2. The molecule has 2 heterocycles. The van der Waals surface area contributed by atoms with E-state index in [1.807, 2.05) is 11.9 Å². The van der Waals surface area contributed by atoms with Crippen LogP contribution in [-0.4, -0.2) is 67.1 Å². The molecule has 2 amide bonds. The number of amides is 2. The lowest BCUT2D eigenvalue weighted by molar-refractivity contribution is -0.134. The van der Waals surface area contributed by atoms with Crippen molar-refractivity contribution in [3.63, 3.8) is 0 Å². The minimum Gasteiger partial charge on any atom is -0.478 e. The van der Waals surface area contributed by atoms with E-state index in [1.54, 1.807) is 4.90 Å². The Balaban J connectivity index is 1.87. The molecule has 0 aromatic heterocycles. The number of piperazine rings is 1. The van der Waals surface area contributed by atoms with E-state index in [-0.39, 0.29) is 36.5 Å². The number of rotatable bonds is 5. The summed E-state index contributed by atoms with van der Waals surface area (Å²) in [5.41, 5.74) is -0.960. The second kappa shape index (κ2) is 8.19. The number of halogens is 2. The summed E-state index contributed by atoms with van der Waals surface area (Å²) in [6.07, 6.45) is 0.356. The van der Waals surface area contributed by atoms with E-state index in [0.717, 1.165) is 6.07 Å². The summed E-state index contributed by atoms with van der Waals surface area (Å²) in [4.78, 5) is 38.2. The van der Waals surface area contributed by atoms with Gasteiger partial charge in [-0.3, -0.25) is 14.9 Å². The molecule has 2 aliphatic heterocycles. The van der Waals surface area contributed by atoms with E-state index in [4.69, 9.17) is 0 Å². The van der Waals surface area contributed by atoms with E-state index in [0.29, 0.717) is 26.2 Å². The first-order valence-corrected chi connectivity index (χ1v) is 9.02. The van der Waals surface area contributed by atoms with Gasteiger partial charge in [-0.25, -0.2) is 13.6 Å². The van der Waals surface area contributed by atoms with Crippen molar-refractivity contribution in [2.24, 2.45) is 0 Å². The normalized spacial score (nSPS) is 21.0. The molecule has 0 spiro atoms. The Kier molecular flexibility index (Phi) is 5.90. The number of aromatic carboxylic acids is 1. The van der Waals surface area contributed by atoms with E-state index in [1.165, 1.54) is 0 Å². The second-order valence-corrected chi connectivity index (χ2v) is 7.03. The van der Waals surface area contributed by atoms with Crippen LogP contribution in [0.5, 0.6) is 0 Å². The van der Waals surface area contributed by atoms with Gasteiger partial charge in [-0.05, 0) is 19.5 Å². The Bertz CT molecular complexity index is 809. The van der Waals surface area contributed by atoms with Crippen molar-refractivity contribution in [2.75, 3.05) is 38.1 Å². The summed E-state index contributed by atoms with van der Waals surface area (Å²) >= 11 is 0. The lowest BCUT2D eigenvalue weighted by atomic mass is 10.0. The number of carboxylic acid groups (broad SMARTS) is 1. The quantitative estimate of drug-likeness (QED) is 0.616. The fourth-order valence-electron chi connectivity index (χ4n) is 3.45. The summed E-state index contributed by atoms with van der Waals surface area (Å²) in [5.74, 6) is -4.26. The smallest absolute Gasteiger partial charge is 0.336 e. The Labute approximate surface area is 160 Å². The van der Waals surface area contributed by atoms with Crippen molar-refractivity contribution in [1.82, 2.24) is 15.5 Å². The molecule has 2 saturated heterocycles. The van der Waals surface area contributed by atoms with E-state index < -0.39 is 35.1 Å². The van der Waals surface area contributed by atoms with Crippen LogP contribution < -0.4 is 15.5 Å². The van der Waals surface area contributed by atoms with Crippen LogP contribution in [0.25, 0.3) is 0 Å². The van der Waals surface area contributed by atoms with Crippen molar-refractivity contribution in [2.45, 2.75) is 25.4 Å². The van der Waals surface area contributed by atoms with Gasteiger partial charge >= 0.3 is 5.97 Å². The molecule has 0 bridgehead atoms. The number of carbonyl (C=O) groups is 3. The highest BCUT2D eigenvalue weighted by Crippen LogP contribution is 2.30. The van der Waals surface area contributed by atoms with Gasteiger partial charge in [0.1, 0.15) is 11.5 Å². The fraction of sp³-hybridized carbons (Fsp3) is 0.500. The van der Waals surface area contributed by atoms with Gasteiger partial charge in [0.05, 0.1) is 11.6 Å². The maximum Gasteiger partial charge on any atom is 0.336 e. The Morgan fingerprint density at radius 1 is 1.29 bits per heavy atom. The first-order chi connectivity index (χ1) is 13.3. The number of hydrogen-bond donors (Lipinski definition) is 3. The molecule has 0 radical (unpaired) electrons. The average molecular weight is 396 g/mol. The molecule has 3 rings (SSSR count). The highest BCUT2D eigenvalue weighted by Gasteiger charge is 2.30. The number of nitrogens with one attached hydrogen (secondary N) is 2. The third-order valence-electron chi connectivity index (χ3n) is 5.11. The predicted octanol–water partition coefficient (Wildman–Crippen LogP) is 0.310. The number of likely N-dealkylation sites (N-methyl/N-ethyl adjacent to an activating group) is 1. The first kappa shape index (κ1) is 20.2. The molecule has 2 aliphatic rings. The molecule has 1 aromatic carbocycles. The van der Waals surface area contributed by atoms with Crippen molar-refractivity contribution in [3.05, 3.63) is 28.8 Å². The summed E-state index contributed by atoms with van der Waals surface area (Å²) in [7, 11) is 1.91. The number of nitrogens with zero attached hydrogens (tertiary/aromatic N) is 2.